The van der Waals surface area contributed by atoms with E-state index in [0.717, 1.165) is 5.56 Å². The third kappa shape index (κ3) is 3.76. The fourth-order valence-corrected chi connectivity index (χ4v) is 3.00. The van der Waals surface area contributed by atoms with E-state index in [1.54, 1.807) is 12.1 Å². The van der Waals surface area contributed by atoms with Crippen LogP contribution in [-0.2, 0) is 17.8 Å². The predicted molar refractivity (Wildman–Crippen MR) is 97.3 cm³/mol. The first-order chi connectivity index (χ1) is 13.1. The fraction of sp³-hybridized carbons (Fsp3) is 0.200. The molecule has 0 aliphatic carbocycles. The number of fused-ring (bicyclic) bond motifs is 2. The minimum absolute atomic E-state index is 0.161. The van der Waals surface area contributed by atoms with Crippen LogP contribution in [0.25, 0.3) is 10.9 Å². The highest BCUT2D eigenvalue weighted by Gasteiger charge is 2.13. The standard InChI is InChI=1S/C20H17FN2O4/c21-15-3-4-16-14(9-15)8-13(20(25)23-16)2-6-19(24)22-10-12-1-5-17-18(7-12)27-11-26-17/h1,3-5,7-9H,2,6,10-11H2,(H,22,24)(H,23,25). The molecule has 0 saturated carbocycles. The predicted octanol–water partition coefficient (Wildman–Crippen LogP) is 2.64. The number of rotatable bonds is 5. The van der Waals surface area contributed by atoms with Crippen LogP contribution in [0.2, 0.25) is 0 Å². The van der Waals surface area contributed by atoms with Gasteiger partial charge in [0.2, 0.25) is 12.7 Å². The quantitative estimate of drug-likeness (QED) is 0.726. The number of carbonyl (C=O) groups is 1. The summed E-state index contributed by atoms with van der Waals surface area (Å²) in [6.07, 6.45) is 0.434. The number of benzene rings is 2. The lowest BCUT2D eigenvalue weighted by atomic mass is 10.1. The average Bonchev–Trinajstić information content (AvgIpc) is 3.13. The van der Waals surface area contributed by atoms with E-state index in [9.17, 15) is 14.0 Å². The molecule has 1 amide bonds. The monoisotopic (exact) mass is 368 g/mol. The van der Waals surface area contributed by atoms with E-state index in [1.165, 1.54) is 18.2 Å². The van der Waals surface area contributed by atoms with Crippen molar-refractivity contribution in [3.8, 4) is 11.5 Å². The van der Waals surface area contributed by atoms with Gasteiger partial charge in [0.25, 0.3) is 5.56 Å². The Labute approximate surface area is 153 Å². The molecule has 7 heteroatoms. The molecule has 4 rings (SSSR count). The number of aromatic amines is 1. The van der Waals surface area contributed by atoms with E-state index in [0.29, 0.717) is 34.5 Å². The van der Waals surface area contributed by atoms with E-state index in [-0.39, 0.29) is 36.9 Å². The van der Waals surface area contributed by atoms with Gasteiger partial charge >= 0.3 is 0 Å². The van der Waals surface area contributed by atoms with Crippen LogP contribution in [0.15, 0.2) is 47.3 Å². The van der Waals surface area contributed by atoms with Gasteiger partial charge < -0.3 is 19.8 Å². The molecular formula is C20H17FN2O4. The van der Waals surface area contributed by atoms with Gasteiger partial charge in [-0.15, -0.1) is 0 Å². The highest BCUT2D eigenvalue weighted by molar-refractivity contribution is 5.79. The van der Waals surface area contributed by atoms with Crippen LogP contribution in [-0.4, -0.2) is 17.7 Å². The number of aryl methyl sites for hydroxylation is 1. The number of aromatic nitrogens is 1. The maximum atomic E-state index is 13.4. The Morgan fingerprint density at radius 2 is 1.96 bits per heavy atom. The van der Waals surface area contributed by atoms with Crippen molar-refractivity contribution in [3.05, 3.63) is 69.8 Å². The van der Waals surface area contributed by atoms with Crippen LogP contribution in [0.1, 0.15) is 17.5 Å². The zero-order valence-electron chi connectivity index (χ0n) is 14.4. The second kappa shape index (κ2) is 7.11. The number of halogens is 1. The van der Waals surface area contributed by atoms with Gasteiger partial charge in [-0.2, -0.15) is 0 Å². The summed E-state index contributed by atoms with van der Waals surface area (Å²) in [6.45, 7) is 0.560. The van der Waals surface area contributed by atoms with Crippen molar-refractivity contribution >= 4 is 16.8 Å². The summed E-state index contributed by atoms with van der Waals surface area (Å²) >= 11 is 0. The highest BCUT2D eigenvalue weighted by atomic mass is 19.1. The first-order valence-electron chi connectivity index (χ1n) is 8.55. The number of amides is 1. The molecule has 3 aromatic rings. The van der Waals surface area contributed by atoms with E-state index in [2.05, 4.69) is 10.3 Å². The third-order valence-corrected chi connectivity index (χ3v) is 4.43. The van der Waals surface area contributed by atoms with Crippen LogP contribution < -0.4 is 20.3 Å². The topological polar surface area (TPSA) is 80.4 Å². The summed E-state index contributed by atoms with van der Waals surface area (Å²) in [4.78, 5) is 26.9. The van der Waals surface area contributed by atoms with Crippen molar-refractivity contribution in [2.24, 2.45) is 0 Å². The SMILES string of the molecule is O=C(CCc1cc2cc(F)ccc2[nH]c1=O)NCc1ccc2c(c1)OCO2. The van der Waals surface area contributed by atoms with E-state index in [1.807, 2.05) is 12.1 Å². The lowest BCUT2D eigenvalue weighted by Gasteiger charge is -2.07. The lowest BCUT2D eigenvalue weighted by molar-refractivity contribution is -0.121. The molecule has 0 atom stereocenters. The van der Waals surface area contributed by atoms with Crippen molar-refractivity contribution in [3.63, 3.8) is 0 Å². The number of hydrogen-bond acceptors (Lipinski definition) is 4. The molecule has 1 aromatic heterocycles. The van der Waals surface area contributed by atoms with Crippen LogP contribution in [0, 0.1) is 5.82 Å². The van der Waals surface area contributed by atoms with Gasteiger partial charge in [0.15, 0.2) is 11.5 Å². The minimum Gasteiger partial charge on any atom is -0.454 e. The van der Waals surface area contributed by atoms with Gasteiger partial charge in [0.1, 0.15) is 5.82 Å². The van der Waals surface area contributed by atoms with Crippen molar-refractivity contribution in [2.75, 3.05) is 6.79 Å². The number of H-pyrrole nitrogens is 1. The van der Waals surface area contributed by atoms with Crippen LogP contribution in [0.4, 0.5) is 4.39 Å². The van der Waals surface area contributed by atoms with E-state index >= 15 is 0 Å². The van der Waals surface area contributed by atoms with Crippen LogP contribution >= 0.6 is 0 Å². The molecule has 0 bridgehead atoms. The number of hydrogen-bond donors (Lipinski definition) is 2. The van der Waals surface area contributed by atoms with Gasteiger partial charge in [-0.3, -0.25) is 9.59 Å². The molecule has 0 unspecified atom stereocenters. The highest BCUT2D eigenvalue weighted by Crippen LogP contribution is 2.32. The van der Waals surface area contributed by atoms with E-state index < -0.39 is 0 Å². The molecule has 2 heterocycles. The van der Waals surface area contributed by atoms with Gasteiger partial charge in [0, 0.05) is 29.4 Å². The molecule has 0 radical (unpaired) electrons. The van der Waals surface area contributed by atoms with Gasteiger partial charge in [-0.1, -0.05) is 6.07 Å². The average molecular weight is 368 g/mol. The summed E-state index contributed by atoms with van der Waals surface area (Å²) in [5, 5.41) is 3.42. The molecule has 2 N–H and O–H groups in total. The Balaban J connectivity index is 1.37. The van der Waals surface area contributed by atoms with Crippen molar-refractivity contribution < 1.29 is 18.7 Å². The van der Waals surface area contributed by atoms with Crippen LogP contribution in [0.3, 0.4) is 0 Å². The Hall–Kier alpha value is -3.35. The van der Waals surface area contributed by atoms with Crippen molar-refractivity contribution in [1.29, 1.82) is 0 Å². The Morgan fingerprint density at radius 1 is 1.11 bits per heavy atom. The molecular weight excluding hydrogens is 351 g/mol. The lowest BCUT2D eigenvalue weighted by Crippen LogP contribution is -2.24. The molecule has 1 aliphatic heterocycles. The molecule has 0 saturated heterocycles. The first-order valence-corrected chi connectivity index (χ1v) is 8.55. The second-order valence-corrected chi connectivity index (χ2v) is 6.32. The molecule has 1 aliphatic rings. The molecule has 27 heavy (non-hydrogen) atoms. The number of pyridine rings is 1. The second-order valence-electron chi connectivity index (χ2n) is 6.32. The molecule has 6 nitrogen and oxygen atoms in total. The summed E-state index contributed by atoms with van der Waals surface area (Å²) in [5.41, 5.74) is 1.65. The van der Waals surface area contributed by atoms with E-state index in [4.69, 9.17) is 9.47 Å². The largest absolute Gasteiger partial charge is 0.454 e. The number of nitrogens with one attached hydrogen (secondary N) is 2. The minimum atomic E-state index is -0.373. The van der Waals surface area contributed by atoms with Crippen LogP contribution in [0.5, 0.6) is 11.5 Å². The summed E-state index contributed by atoms with van der Waals surface area (Å²) in [7, 11) is 0. The summed E-state index contributed by atoms with van der Waals surface area (Å²) in [5.74, 6) is 0.807. The fourth-order valence-electron chi connectivity index (χ4n) is 3.00. The Morgan fingerprint density at radius 3 is 2.85 bits per heavy atom. The molecule has 0 spiro atoms. The Kier molecular flexibility index (Phi) is 4.50. The normalized spacial score (nSPS) is 12.3. The third-order valence-electron chi connectivity index (χ3n) is 4.43. The zero-order chi connectivity index (χ0) is 18.8. The summed E-state index contributed by atoms with van der Waals surface area (Å²) in [6, 6.07) is 11.3. The van der Waals surface area contributed by atoms with Crippen molar-refractivity contribution in [2.45, 2.75) is 19.4 Å². The zero-order valence-corrected chi connectivity index (χ0v) is 14.4. The smallest absolute Gasteiger partial charge is 0.251 e. The maximum Gasteiger partial charge on any atom is 0.251 e. The Bertz CT molecular complexity index is 1080. The number of carbonyl (C=O) groups excluding carboxylic acids is 1. The summed E-state index contributed by atoms with van der Waals surface area (Å²) < 4.78 is 23.9. The maximum absolute atomic E-state index is 13.4. The van der Waals surface area contributed by atoms with Gasteiger partial charge in [-0.05, 0) is 48.4 Å². The molecule has 2 aromatic carbocycles. The molecule has 0 fully saturated rings. The first kappa shape index (κ1) is 17.1. The van der Waals surface area contributed by atoms with Gasteiger partial charge in [0.05, 0.1) is 0 Å². The van der Waals surface area contributed by atoms with Crippen molar-refractivity contribution in [1.82, 2.24) is 10.3 Å². The van der Waals surface area contributed by atoms with Gasteiger partial charge in [-0.25, -0.2) is 4.39 Å². The molecule has 138 valence electrons. The number of ether oxygens (including phenoxy) is 2.